The maximum atomic E-state index is 13.6. The Bertz CT molecular complexity index is 2010. The molecule has 2 atom stereocenters. The third-order valence-corrected chi connectivity index (χ3v) is 8.12. The number of benzene rings is 6. The highest BCUT2D eigenvalue weighted by atomic mass is 16.7. The van der Waals surface area contributed by atoms with E-state index in [4.69, 9.17) is 28.4 Å². The smallest absolute Gasteiger partial charge is 0.343 e. The predicted molar refractivity (Wildman–Crippen MR) is 197 cm³/mol. The van der Waals surface area contributed by atoms with Crippen molar-refractivity contribution in [2.24, 2.45) is 0 Å². The summed E-state index contributed by atoms with van der Waals surface area (Å²) in [6.07, 6.45) is -1.55. The monoisotopic (exact) mass is 694 g/mol. The summed E-state index contributed by atoms with van der Waals surface area (Å²) in [4.78, 5) is 26.2. The van der Waals surface area contributed by atoms with Gasteiger partial charge in [0.2, 0.25) is 6.79 Å². The van der Waals surface area contributed by atoms with Crippen molar-refractivity contribution < 1.29 is 38.0 Å². The van der Waals surface area contributed by atoms with Crippen molar-refractivity contribution in [3.8, 4) is 23.0 Å². The number of aryl methyl sites for hydroxylation is 2. The van der Waals surface area contributed by atoms with Gasteiger partial charge in [-0.05, 0) is 97.8 Å². The van der Waals surface area contributed by atoms with E-state index < -0.39 is 24.1 Å². The van der Waals surface area contributed by atoms with Crippen LogP contribution in [0.5, 0.6) is 23.0 Å². The molecule has 6 aromatic carbocycles. The minimum Gasteiger partial charge on any atom is -0.468 e. The summed E-state index contributed by atoms with van der Waals surface area (Å²) >= 11 is 0. The van der Waals surface area contributed by atoms with Gasteiger partial charge >= 0.3 is 11.9 Å². The van der Waals surface area contributed by atoms with Crippen molar-refractivity contribution in [2.75, 3.05) is 13.6 Å². The minimum absolute atomic E-state index is 0.0658. The molecule has 0 amide bonds. The van der Waals surface area contributed by atoms with Crippen molar-refractivity contribution >= 4 is 11.9 Å². The summed E-state index contributed by atoms with van der Waals surface area (Å²) in [6.45, 7) is 3.90. The Kier molecular flexibility index (Phi) is 11.9. The van der Waals surface area contributed by atoms with Gasteiger partial charge in [0.15, 0.2) is 12.9 Å². The summed E-state index contributed by atoms with van der Waals surface area (Å²) in [7, 11) is 0. The number of rotatable bonds is 15. The lowest BCUT2D eigenvalue weighted by molar-refractivity contribution is -0.0985. The summed E-state index contributed by atoms with van der Waals surface area (Å²) in [5, 5.41) is 0. The Morgan fingerprint density at radius 1 is 0.442 bits per heavy atom. The van der Waals surface area contributed by atoms with Crippen LogP contribution in [0.25, 0.3) is 0 Å². The van der Waals surface area contributed by atoms with Crippen LogP contribution in [0.4, 0.5) is 0 Å². The summed E-state index contributed by atoms with van der Waals surface area (Å²) in [5.74, 6) is 1.16. The first-order valence-electron chi connectivity index (χ1n) is 16.8. The van der Waals surface area contributed by atoms with Gasteiger partial charge < -0.3 is 28.4 Å². The average molecular weight is 695 g/mol. The second-order valence-corrected chi connectivity index (χ2v) is 12.0. The van der Waals surface area contributed by atoms with Crippen LogP contribution >= 0.6 is 0 Å². The van der Waals surface area contributed by atoms with Crippen LogP contribution in [0, 0.1) is 13.8 Å². The van der Waals surface area contributed by atoms with Crippen LogP contribution in [0.15, 0.2) is 158 Å². The van der Waals surface area contributed by atoms with E-state index >= 15 is 0 Å². The molecule has 0 bridgehead atoms. The van der Waals surface area contributed by atoms with Gasteiger partial charge in [0.05, 0.1) is 11.1 Å². The molecule has 0 radical (unpaired) electrons. The first-order valence-corrected chi connectivity index (χ1v) is 16.8. The van der Waals surface area contributed by atoms with Crippen molar-refractivity contribution in [3.63, 3.8) is 0 Å². The maximum absolute atomic E-state index is 13.6. The largest absolute Gasteiger partial charge is 0.468 e. The van der Waals surface area contributed by atoms with Gasteiger partial charge in [0, 0.05) is 0 Å². The summed E-state index contributed by atoms with van der Waals surface area (Å²) in [6, 6.07) is 47.2. The van der Waals surface area contributed by atoms with Gasteiger partial charge in [-0.15, -0.1) is 0 Å². The van der Waals surface area contributed by atoms with Crippen LogP contribution in [0.1, 0.15) is 55.2 Å². The molecule has 8 heteroatoms. The number of esters is 2. The van der Waals surface area contributed by atoms with Gasteiger partial charge in [-0.3, -0.25) is 0 Å². The van der Waals surface area contributed by atoms with Crippen molar-refractivity contribution in [2.45, 2.75) is 26.1 Å². The van der Waals surface area contributed by atoms with Crippen molar-refractivity contribution in [3.05, 3.63) is 191 Å². The fraction of sp³-hybridized carbons (Fsp3) is 0.136. The molecular formula is C44H38O8. The first kappa shape index (κ1) is 35.4. The molecule has 0 aliphatic carbocycles. The molecule has 6 rings (SSSR count). The molecule has 2 unspecified atom stereocenters. The summed E-state index contributed by atoms with van der Waals surface area (Å²) < 4.78 is 35.4. The van der Waals surface area contributed by atoms with Crippen LogP contribution in [-0.2, 0) is 9.47 Å². The first-order chi connectivity index (χ1) is 25.4. The van der Waals surface area contributed by atoms with Gasteiger partial charge in [0.1, 0.15) is 29.1 Å². The highest BCUT2D eigenvalue weighted by Crippen LogP contribution is 2.36. The van der Waals surface area contributed by atoms with E-state index in [2.05, 4.69) is 0 Å². The quantitative estimate of drug-likeness (QED) is 0.0597. The molecule has 8 nitrogen and oxygen atoms in total. The third kappa shape index (κ3) is 9.87. The number of hydrogen-bond donors (Lipinski definition) is 0. The molecule has 0 spiro atoms. The van der Waals surface area contributed by atoms with E-state index in [1.165, 1.54) is 0 Å². The molecule has 0 N–H and O–H groups in total. The SMILES string of the molecule is Cc1ccc(OCOc2ccc(OCOC(c3ccccc3)C(OC(=O)c3ccc(OC(=O)c4ccc(C)cc4)cc3)c3ccccc3)cc2)cc1. The standard InChI is InChI=1S/C44H38O8/c1-31-13-17-35(18-14-31)43(45)51-40-23-19-36(20-24-40)44(46)52-42(34-11-7-4-8-12-34)41(33-9-5-3-6-10-33)50-30-49-39-27-25-38(26-28-39)48-29-47-37-21-15-32(2)16-22-37/h3-28,41-42H,29-30H2,1-2H3. The van der Waals surface area contributed by atoms with Gasteiger partial charge in [-0.25, -0.2) is 9.59 Å². The zero-order chi connectivity index (χ0) is 36.1. The van der Waals surface area contributed by atoms with Crippen LogP contribution in [0.3, 0.4) is 0 Å². The Balaban J connectivity index is 1.11. The van der Waals surface area contributed by atoms with E-state index in [1.54, 1.807) is 60.7 Å². The van der Waals surface area contributed by atoms with Crippen molar-refractivity contribution in [1.29, 1.82) is 0 Å². The second-order valence-electron chi connectivity index (χ2n) is 12.0. The zero-order valence-electron chi connectivity index (χ0n) is 28.8. The average Bonchev–Trinajstić information content (AvgIpc) is 3.18. The number of ether oxygens (including phenoxy) is 6. The van der Waals surface area contributed by atoms with Gasteiger partial charge in [-0.1, -0.05) is 96.1 Å². The molecule has 0 aliphatic rings. The van der Waals surface area contributed by atoms with Gasteiger partial charge in [0.25, 0.3) is 0 Å². The molecule has 0 heterocycles. The molecule has 0 fully saturated rings. The van der Waals surface area contributed by atoms with Crippen LogP contribution in [0.2, 0.25) is 0 Å². The number of carbonyl (C=O) groups is 2. The van der Waals surface area contributed by atoms with E-state index in [0.717, 1.165) is 28.0 Å². The third-order valence-electron chi connectivity index (χ3n) is 8.12. The highest BCUT2D eigenvalue weighted by molar-refractivity contribution is 5.92. The Hall–Kier alpha value is -6.38. The van der Waals surface area contributed by atoms with Crippen LogP contribution < -0.4 is 18.9 Å². The topological polar surface area (TPSA) is 89.5 Å². The number of hydrogen-bond acceptors (Lipinski definition) is 8. The fourth-order valence-electron chi connectivity index (χ4n) is 5.25. The molecule has 0 saturated heterocycles. The Morgan fingerprint density at radius 3 is 1.38 bits per heavy atom. The minimum atomic E-state index is -0.831. The molecule has 6 aromatic rings. The fourth-order valence-corrected chi connectivity index (χ4v) is 5.25. The highest BCUT2D eigenvalue weighted by Gasteiger charge is 2.30. The zero-order valence-corrected chi connectivity index (χ0v) is 28.8. The van der Waals surface area contributed by atoms with E-state index in [0.29, 0.717) is 22.8 Å². The maximum Gasteiger partial charge on any atom is 0.343 e. The molecule has 52 heavy (non-hydrogen) atoms. The van der Waals surface area contributed by atoms with Gasteiger partial charge in [-0.2, -0.15) is 0 Å². The lowest BCUT2D eigenvalue weighted by Gasteiger charge is -2.28. The van der Waals surface area contributed by atoms with E-state index in [9.17, 15) is 9.59 Å². The Morgan fingerprint density at radius 2 is 0.846 bits per heavy atom. The molecule has 0 aromatic heterocycles. The molecule has 0 aliphatic heterocycles. The second kappa shape index (κ2) is 17.5. The van der Waals surface area contributed by atoms with Crippen molar-refractivity contribution in [1.82, 2.24) is 0 Å². The van der Waals surface area contributed by atoms with E-state index in [1.807, 2.05) is 111 Å². The lowest BCUT2D eigenvalue weighted by Crippen LogP contribution is -2.22. The van der Waals surface area contributed by atoms with Crippen LogP contribution in [-0.4, -0.2) is 25.5 Å². The molecule has 262 valence electrons. The van der Waals surface area contributed by atoms with E-state index in [-0.39, 0.29) is 19.1 Å². The number of carbonyl (C=O) groups excluding carboxylic acids is 2. The molecular weight excluding hydrogens is 656 g/mol. The summed E-state index contributed by atoms with van der Waals surface area (Å²) in [5.41, 5.74) is 4.44. The lowest BCUT2D eigenvalue weighted by atomic mass is 9.98. The predicted octanol–water partition coefficient (Wildman–Crippen LogP) is 9.63. The Labute approximate surface area is 303 Å². The normalized spacial score (nSPS) is 11.9. The molecule has 0 saturated carbocycles.